The van der Waals surface area contributed by atoms with E-state index in [-0.39, 0.29) is 10.8 Å². The van der Waals surface area contributed by atoms with Crippen LogP contribution in [0.4, 0.5) is 11.5 Å². The van der Waals surface area contributed by atoms with Crippen molar-refractivity contribution in [3.63, 3.8) is 0 Å². The van der Waals surface area contributed by atoms with Gasteiger partial charge in [-0.2, -0.15) is 5.10 Å². The molecule has 8 heteroatoms. The maximum absolute atomic E-state index is 13.0. The number of aryl methyl sites for hydroxylation is 2. The number of amides is 1. The van der Waals surface area contributed by atoms with Gasteiger partial charge in [-0.15, -0.1) is 0 Å². The molecule has 1 N–H and O–H groups in total. The molecule has 0 unspecified atom stereocenters. The molecule has 3 aromatic rings. The summed E-state index contributed by atoms with van der Waals surface area (Å²) in [6.45, 7) is 3.91. The number of sulfonamides is 1. The van der Waals surface area contributed by atoms with Crippen molar-refractivity contribution in [1.29, 1.82) is 0 Å². The van der Waals surface area contributed by atoms with Gasteiger partial charge in [0.1, 0.15) is 5.82 Å². The zero-order valence-electron chi connectivity index (χ0n) is 16.0. The number of carbonyl (C=O) groups is 1. The zero-order valence-corrected chi connectivity index (χ0v) is 16.8. The largest absolute Gasteiger partial charge is 0.307 e. The summed E-state index contributed by atoms with van der Waals surface area (Å²) in [5.74, 6) is 0.239. The fourth-order valence-electron chi connectivity index (χ4n) is 2.91. The van der Waals surface area contributed by atoms with Gasteiger partial charge in [0.25, 0.3) is 15.9 Å². The van der Waals surface area contributed by atoms with Gasteiger partial charge in [-0.05, 0) is 50.2 Å². The van der Waals surface area contributed by atoms with Crippen LogP contribution in [0.15, 0.2) is 65.6 Å². The molecule has 1 heterocycles. The van der Waals surface area contributed by atoms with E-state index in [9.17, 15) is 13.2 Å². The first-order valence-corrected chi connectivity index (χ1v) is 10.3. The number of nitrogens with zero attached hydrogens (tertiary/aromatic N) is 3. The third kappa shape index (κ3) is 3.91. The second-order valence-corrected chi connectivity index (χ2v) is 8.14. The minimum Gasteiger partial charge on any atom is -0.307 e. The Hall–Kier alpha value is -3.13. The minimum absolute atomic E-state index is 0.131. The maximum atomic E-state index is 13.0. The molecule has 3 rings (SSSR count). The molecule has 0 fully saturated rings. The molecule has 0 radical (unpaired) electrons. The van der Waals surface area contributed by atoms with Crippen LogP contribution in [-0.2, 0) is 17.1 Å². The van der Waals surface area contributed by atoms with E-state index in [0.717, 1.165) is 5.69 Å². The molecule has 2 aromatic carbocycles. The fourth-order valence-corrected chi connectivity index (χ4v) is 4.38. The lowest BCUT2D eigenvalue weighted by Crippen LogP contribution is -2.30. The average molecular weight is 398 g/mol. The Balaban J connectivity index is 1.83. The van der Waals surface area contributed by atoms with Crippen molar-refractivity contribution in [2.45, 2.75) is 18.7 Å². The molecule has 146 valence electrons. The van der Waals surface area contributed by atoms with Crippen molar-refractivity contribution in [3.05, 3.63) is 71.9 Å². The molecule has 0 aliphatic rings. The summed E-state index contributed by atoms with van der Waals surface area (Å²) in [5.41, 5.74) is 1.75. The second kappa shape index (κ2) is 7.85. The molecule has 0 aliphatic carbocycles. The van der Waals surface area contributed by atoms with Crippen molar-refractivity contribution in [3.8, 4) is 0 Å². The first-order chi connectivity index (χ1) is 13.3. The summed E-state index contributed by atoms with van der Waals surface area (Å²) in [4.78, 5) is 12.6. The predicted octanol–water partition coefficient (Wildman–Crippen LogP) is 3.20. The summed E-state index contributed by atoms with van der Waals surface area (Å²) >= 11 is 0. The van der Waals surface area contributed by atoms with Crippen molar-refractivity contribution in [2.24, 2.45) is 7.05 Å². The monoisotopic (exact) mass is 398 g/mol. The van der Waals surface area contributed by atoms with Gasteiger partial charge >= 0.3 is 0 Å². The van der Waals surface area contributed by atoms with Gasteiger partial charge in [0.05, 0.1) is 16.3 Å². The summed E-state index contributed by atoms with van der Waals surface area (Å²) in [6.07, 6.45) is 0. The molecule has 7 nitrogen and oxygen atoms in total. The molecule has 0 bridgehead atoms. The maximum Gasteiger partial charge on any atom is 0.264 e. The van der Waals surface area contributed by atoms with E-state index >= 15 is 0 Å². The number of carbonyl (C=O) groups excluding carboxylic acids is 1. The Kier molecular flexibility index (Phi) is 5.51. The van der Waals surface area contributed by atoms with Crippen LogP contribution in [-0.4, -0.2) is 30.7 Å². The van der Waals surface area contributed by atoms with Crippen molar-refractivity contribution in [1.82, 2.24) is 9.78 Å². The van der Waals surface area contributed by atoms with Gasteiger partial charge in [0.2, 0.25) is 0 Å². The number of rotatable bonds is 6. The van der Waals surface area contributed by atoms with Crippen LogP contribution < -0.4 is 9.62 Å². The highest BCUT2D eigenvalue weighted by molar-refractivity contribution is 7.92. The summed E-state index contributed by atoms with van der Waals surface area (Å²) < 4.78 is 28.9. The van der Waals surface area contributed by atoms with E-state index in [1.807, 2.05) is 13.0 Å². The average Bonchev–Trinajstić information content (AvgIpc) is 3.00. The third-order valence-electron chi connectivity index (χ3n) is 4.28. The fraction of sp³-hybridized carbons (Fsp3) is 0.200. The third-order valence-corrected chi connectivity index (χ3v) is 6.20. The Labute approximate surface area is 164 Å². The quantitative estimate of drug-likeness (QED) is 0.691. The highest BCUT2D eigenvalue weighted by Gasteiger charge is 2.23. The molecule has 0 spiro atoms. The van der Waals surface area contributed by atoms with E-state index in [2.05, 4.69) is 10.4 Å². The Morgan fingerprint density at radius 1 is 1.11 bits per heavy atom. The van der Waals surface area contributed by atoms with Crippen LogP contribution in [0.3, 0.4) is 0 Å². The SMILES string of the molecule is CCN(c1ccccc1)S(=O)(=O)c1ccc(C(=O)Nc2cc(C)nn2C)cc1. The van der Waals surface area contributed by atoms with Gasteiger partial charge in [0.15, 0.2) is 0 Å². The van der Waals surface area contributed by atoms with Crippen LogP contribution in [0.5, 0.6) is 0 Å². The number of hydrogen-bond donors (Lipinski definition) is 1. The lowest BCUT2D eigenvalue weighted by Gasteiger charge is -2.23. The molecule has 1 amide bonds. The zero-order chi connectivity index (χ0) is 20.3. The minimum atomic E-state index is -3.72. The smallest absolute Gasteiger partial charge is 0.264 e. The number of nitrogens with one attached hydrogen (secondary N) is 1. The van der Waals surface area contributed by atoms with Gasteiger partial charge in [-0.3, -0.25) is 13.8 Å². The molecule has 1 aromatic heterocycles. The molecule has 28 heavy (non-hydrogen) atoms. The molecule has 0 saturated heterocycles. The van der Waals surface area contributed by atoms with Crippen molar-refractivity contribution in [2.75, 3.05) is 16.2 Å². The lowest BCUT2D eigenvalue weighted by molar-refractivity contribution is 0.102. The topological polar surface area (TPSA) is 84.3 Å². The van der Waals surface area contributed by atoms with Crippen LogP contribution in [0.25, 0.3) is 0 Å². The van der Waals surface area contributed by atoms with Crippen LogP contribution in [0, 0.1) is 6.92 Å². The van der Waals surface area contributed by atoms with Crippen LogP contribution in [0.2, 0.25) is 0 Å². The van der Waals surface area contributed by atoms with Gasteiger partial charge < -0.3 is 5.32 Å². The number of hydrogen-bond acceptors (Lipinski definition) is 4. The molecular weight excluding hydrogens is 376 g/mol. The van der Waals surface area contributed by atoms with Gasteiger partial charge in [-0.25, -0.2) is 8.42 Å². The molecule has 0 atom stereocenters. The molecular formula is C20H22N4O3S. The van der Waals surface area contributed by atoms with Gasteiger partial charge in [0, 0.05) is 25.2 Å². The van der Waals surface area contributed by atoms with E-state index in [1.54, 1.807) is 49.0 Å². The normalized spacial score (nSPS) is 11.2. The molecule has 0 saturated carbocycles. The predicted molar refractivity (Wildman–Crippen MR) is 109 cm³/mol. The van der Waals surface area contributed by atoms with E-state index in [0.29, 0.717) is 23.6 Å². The van der Waals surface area contributed by atoms with Gasteiger partial charge in [-0.1, -0.05) is 18.2 Å². The van der Waals surface area contributed by atoms with E-state index < -0.39 is 10.0 Å². The summed E-state index contributed by atoms with van der Waals surface area (Å²) in [7, 11) is -1.98. The van der Waals surface area contributed by atoms with E-state index in [1.165, 1.54) is 28.6 Å². The number of aromatic nitrogens is 2. The van der Waals surface area contributed by atoms with Crippen molar-refractivity contribution < 1.29 is 13.2 Å². The molecule has 0 aliphatic heterocycles. The Bertz CT molecular complexity index is 1070. The Morgan fingerprint density at radius 2 is 1.75 bits per heavy atom. The van der Waals surface area contributed by atoms with Crippen LogP contribution in [0.1, 0.15) is 23.0 Å². The standard InChI is InChI=1S/C20H22N4O3S/c1-4-24(17-8-6-5-7-9-17)28(26,27)18-12-10-16(11-13-18)20(25)21-19-14-15(2)22-23(19)3/h5-14H,4H2,1-3H3,(H,21,25). The number of benzene rings is 2. The number of para-hydroxylation sites is 1. The first kappa shape index (κ1) is 19.6. The number of anilines is 2. The highest BCUT2D eigenvalue weighted by Crippen LogP contribution is 2.23. The van der Waals surface area contributed by atoms with Crippen molar-refractivity contribution >= 4 is 27.4 Å². The first-order valence-electron chi connectivity index (χ1n) is 8.82. The second-order valence-electron chi connectivity index (χ2n) is 6.28. The van der Waals surface area contributed by atoms with Crippen LogP contribution >= 0.6 is 0 Å². The highest BCUT2D eigenvalue weighted by atomic mass is 32.2. The lowest BCUT2D eigenvalue weighted by atomic mass is 10.2. The Morgan fingerprint density at radius 3 is 2.29 bits per heavy atom. The summed E-state index contributed by atoms with van der Waals surface area (Å²) in [6, 6.07) is 16.6. The summed E-state index contributed by atoms with van der Waals surface area (Å²) in [5, 5.41) is 6.95. The van der Waals surface area contributed by atoms with E-state index in [4.69, 9.17) is 0 Å².